The van der Waals surface area contributed by atoms with Crippen LogP contribution in [-0.4, -0.2) is 37.3 Å². The molecule has 4 nitrogen and oxygen atoms in total. The van der Waals surface area contributed by atoms with Crippen LogP contribution in [0.15, 0.2) is 18.2 Å². The molecule has 1 N–H and O–H groups in total. The smallest absolute Gasteiger partial charge is 0.173 e. The molecule has 2 rings (SSSR count). The van der Waals surface area contributed by atoms with E-state index in [4.69, 9.17) is 21.7 Å². The number of rotatable bonds is 3. The minimum atomic E-state index is 0.701. The molecule has 20 heavy (non-hydrogen) atoms. The molecule has 1 aromatic rings. The highest BCUT2D eigenvalue weighted by Gasteiger charge is 2.18. The van der Waals surface area contributed by atoms with Crippen LogP contribution in [0.4, 0.5) is 5.69 Å². The maximum Gasteiger partial charge on any atom is 0.173 e. The van der Waals surface area contributed by atoms with E-state index in [0.717, 1.165) is 35.6 Å². The highest BCUT2D eigenvalue weighted by atomic mass is 32.1. The van der Waals surface area contributed by atoms with Crippen molar-refractivity contribution in [1.82, 2.24) is 4.90 Å². The SMILES string of the molecule is COc1ccc(NC(=S)N2CCC(C)CC2)cc1OC. The normalized spacial score (nSPS) is 15.8. The van der Waals surface area contributed by atoms with E-state index in [1.54, 1.807) is 14.2 Å². The summed E-state index contributed by atoms with van der Waals surface area (Å²) in [7, 11) is 3.26. The van der Waals surface area contributed by atoms with Crippen LogP contribution < -0.4 is 14.8 Å². The van der Waals surface area contributed by atoms with Gasteiger partial charge in [-0.1, -0.05) is 6.92 Å². The van der Waals surface area contributed by atoms with Crippen molar-refractivity contribution in [1.29, 1.82) is 0 Å². The molecule has 1 aromatic carbocycles. The summed E-state index contributed by atoms with van der Waals surface area (Å²) >= 11 is 5.48. The molecule has 0 spiro atoms. The van der Waals surface area contributed by atoms with Gasteiger partial charge in [0.25, 0.3) is 0 Å². The summed E-state index contributed by atoms with van der Waals surface area (Å²) in [5.74, 6) is 2.22. The van der Waals surface area contributed by atoms with E-state index in [0.29, 0.717) is 5.75 Å². The summed E-state index contributed by atoms with van der Waals surface area (Å²) < 4.78 is 10.5. The van der Waals surface area contributed by atoms with E-state index in [1.165, 1.54) is 12.8 Å². The molecule has 1 aliphatic heterocycles. The summed E-state index contributed by atoms with van der Waals surface area (Å²) in [6, 6.07) is 5.72. The molecule has 0 radical (unpaired) electrons. The molecular weight excluding hydrogens is 272 g/mol. The molecule has 5 heteroatoms. The summed E-state index contributed by atoms with van der Waals surface area (Å²) in [5.41, 5.74) is 0.922. The third kappa shape index (κ3) is 3.54. The molecule has 1 saturated heterocycles. The third-order valence-corrected chi connectivity index (χ3v) is 4.07. The molecule has 1 aliphatic rings. The number of benzene rings is 1. The molecule has 0 bridgehead atoms. The van der Waals surface area contributed by atoms with Crippen LogP contribution in [0.2, 0.25) is 0 Å². The lowest BCUT2D eigenvalue weighted by Crippen LogP contribution is -2.40. The number of ether oxygens (including phenoxy) is 2. The maximum absolute atomic E-state index is 5.48. The van der Waals surface area contributed by atoms with Crippen LogP contribution in [0.5, 0.6) is 11.5 Å². The number of nitrogens with zero attached hydrogens (tertiary/aromatic N) is 1. The highest BCUT2D eigenvalue weighted by Crippen LogP contribution is 2.30. The van der Waals surface area contributed by atoms with Crippen LogP contribution in [0.25, 0.3) is 0 Å². The van der Waals surface area contributed by atoms with Crippen molar-refractivity contribution >= 4 is 23.0 Å². The Labute approximate surface area is 126 Å². The molecule has 0 amide bonds. The van der Waals surface area contributed by atoms with Gasteiger partial charge >= 0.3 is 0 Å². The molecule has 1 fully saturated rings. The zero-order chi connectivity index (χ0) is 14.5. The number of anilines is 1. The Balaban J connectivity index is 2.00. The fourth-order valence-corrected chi connectivity index (χ4v) is 2.63. The second-order valence-corrected chi connectivity index (χ2v) is 5.56. The first-order valence-electron chi connectivity index (χ1n) is 6.92. The van der Waals surface area contributed by atoms with Gasteiger partial charge in [-0.25, -0.2) is 0 Å². The van der Waals surface area contributed by atoms with Crippen LogP contribution in [0.1, 0.15) is 19.8 Å². The number of piperidine rings is 1. The number of hydrogen-bond acceptors (Lipinski definition) is 3. The van der Waals surface area contributed by atoms with Gasteiger partial charge in [0.05, 0.1) is 14.2 Å². The lowest BCUT2D eigenvalue weighted by molar-refractivity contribution is 0.283. The number of nitrogens with one attached hydrogen (secondary N) is 1. The lowest BCUT2D eigenvalue weighted by atomic mass is 10.00. The molecule has 0 aromatic heterocycles. The average Bonchev–Trinajstić information content (AvgIpc) is 2.47. The lowest BCUT2D eigenvalue weighted by Gasteiger charge is -2.32. The number of likely N-dealkylation sites (tertiary alicyclic amines) is 1. The van der Waals surface area contributed by atoms with E-state index >= 15 is 0 Å². The number of hydrogen-bond donors (Lipinski definition) is 1. The number of methoxy groups -OCH3 is 2. The minimum Gasteiger partial charge on any atom is -0.493 e. The van der Waals surface area contributed by atoms with Crippen molar-refractivity contribution < 1.29 is 9.47 Å². The fourth-order valence-electron chi connectivity index (χ4n) is 2.33. The third-order valence-electron chi connectivity index (χ3n) is 3.71. The largest absolute Gasteiger partial charge is 0.493 e. The Morgan fingerprint density at radius 3 is 2.45 bits per heavy atom. The van der Waals surface area contributed by atoms with Gasteiger partial charge in [0.1, 0.15) is 0 Å². The van der Waals surface area contributed by atoms with E-state index in [9.17, 15) is 0 Å². The number of thiocarbonyl (C=S) groups is 1. The Hall–Kier alpha value is -1.49. The summed E-state index contributed by atoms with van der Waals surface area (Å²) in [6.07, 6.45) is 2.40. The first-order chi connectivity index (χ1) is 9.63. The van der Waals surface area contributed by atoms with Crippen molar-refractivity contribution in [2.45, 2.75) is 19.8 Å². The first-order valence-corrected chi connectivity index (χ1v) is 7.33. The van der Waals surface area contributed by atoms with Gasteiger partial charge in [-0.05, 0) is 43.1 Å². The fraction of sp³-hybridized carbons (Fsp3) is 0.533. The average molecular weight is 294 g/mol. The van der Waals surface area contributed by atoms with Crippen molar-refractivity contribution in [3.63, 3.8) is 0 Å². The molecule has 1 heterocycles. The highest BCUT2D eigenvalue weighted by molar-refractivity contribution is 7.80. The van der Waals surface area contributed by atoms with Crippen LogP contribution in [0.3, 0.4) is 0 Å². The monoisotopic (exact) mass is 294 g/mol. The van der Waals surface area contributed by atoms with Crippen molar-refractivity contribution in [2.24, 2.45) is 5.92 Å². The van der Waals surface area contributed by atoms with Gasteiger partial charge in [0.2, 0.25) is 0 Å². The van der Waals surface area contributed by atoms with Gasteiger partial charge < -0.3 is 19.7 Å². The van der Waals surface area contributed by atoms with E-state index in [2.05, 4.69) is 17.1 Å². The summed E-state index contributed by atoms with van der Waals surface area (Å²) in [4.78, 5) is 2.23. The molecule has 110 valence electrons. The summed E-state index contributed by atoms with van der Waals surface area (Å²) in [5, 5.41) is 4.06. The first kappa shape index (κ1) is 14.9. The van der Waals surface area contributed by atoms with E-state index in [-0.39, 0.29) is 0 Å². The van der Waals surface area contributed by atoms with E-state index in [1.807, 2.05) is 18.2 Å². The van der Waals surface area contributed by atoms with Gasteiger partial charge in [-0.2, -0.15) is 0 Å². The zero-order valence-electron chi connectivity index (χ0n) is 12.3. The second-order valence-electron chi connectivity index (χ2n) is 5.17. The standard InChI is InChI=1S/C15H22N2O2S/c1-11-6-8-17(9-7-11)15(20)16-12-4-5-13(18-2)14(10-12)19-3/h4-5,10-11H,6-9H2,1-3H3,(H,16,20). The molecule has 0 saturated carbocycles. The van der Waals surface area contributed by atoms with Crippen LogP contribution >= 0.6 is 12.2 Å². The molecule has 0 atom stereocenters. The van der Waals surface area contributed by atoms with Crippen LogP contribution in [0, 0.1) is 5.92 Å². The van der Waals surface area contributed by atoms with Gasteiger partial charge in [0.15, 0.2) is 16.6 Å². The topological polar surface area (TPSA) is 33.7 Å². The zero-order valence-corrected chi connectivity index (χ0v) is 13.1. The molecule has 0 aliphatic carbocycles. The predicted molar refractivity (Wildman–Crippen MR) is 85.7 cm³/mol. The minimum absolute atomic E-state index is 0.701. The Kier molecular flexibility index (Phi) is 5.06. The van der Waals surface area contributed by atoms with Crippen LogP contribution in [-0.2, 0) is 0 Å². The predicted octanol–water partition coefficient (Wildman–Crippen LogP) is 3.13. The Bertz CT molecular complexity index is 471. The van der Waals surface area contributed by atoms with Gasteiger partial charge in [0, 0.05) is 24.8 Å². The quantitative estimate of drug-likeness (QED) is 0.866. The Morgan fingerprint density at radius 1 is 1.20 bits per heavy atom. The molecule has 0 unspecified atom stereocenters. The van der Waals surface area contributed by atoms with Gasteiger partial charge in [-0.15, -0.1) is 0 Å². The second kappa shape index (κ2) is 6.79. The van der Waals surface area contributed by atoms with Gasteiger partial charge in [-0.3, -0.25) is 0 Å². The summed E-state index contributed by atoms with van der Waals surface area (Å²) in [6.45, 7) is 4.35. The Morgan fingerprint density at radius 2 is 1.85 bits per heavy atom. The van der Waals surface area contributed by atoms with Crippen molar-refractivity contribution in [2.75, 3.05) is 32.6 Å². The maximum atomic E-state index is 5.48. The molecular formula is C15H22N2O2S. The van der Waals surface area contributed by atoms with Crippen molar-refractivity contribution in [3.8, 4) is 11.5 Å². The van der Waals surface area contributed by atoms with E-state index < -0.39 is 0 Å². The van der Waals surface area contributed by atoms with Crippen molar-refractivity contribution in [3.05, 3.63) is 18.2 Å².